The summed E-state index contributed by atoms with van der Waals surface area (Å²) in [6.07, 6.45) is -0.742. The second-order valence-electron chi connectivity index (χ2n) is 13.0. The SMILES string of the molecule is CN(N)/C(=C(\N)COc1ccc(Cl)c2c1[C@@H](CN1CC3(CC3)CC1=O)N(C(=O)[C@@H]1C[C@H](O)CC[C@]1(C)C(=O)O)CC2)C(F)F. The van der Waals surface area contributed by atoms with Crippen LogP contribution >= 0.6 is 11.6 Å². The highest BCUT2D eigenvalue weighted by atomic mass is 35.5. The van der Waals surface area contributed by atoms with Crippen molar-refractivity contribution in [3.8, 4) is 5.75 Å². The number of aliphatic hydroxyl groups excluding tert-OH is 1. The van der Waals surface area contributed by atoms with Gasteiger partial charge in [-0.2, -0.15) is 0 Å². The number of nitrogens with zero attached hydrogens (tertiary/aromatic N) is 3. The number of hydrazine groups is 1. The van der Waals surface area contributed by atoms with E-state index >= 15 is 0 Å². The van der Waals surface area contributed by atoms with Crippen LogP contribution in [0.5, 0.6) is 5.75 Å². The van der Waals surface area contributed by atoms with Crippen LogP contribution in [0.4, 0.5) is 8.78 Å². The molecule has 2 aliphatic heterocycles. The lowest BCUT2D eigenvalue weighted by Gasteiger charge is -2.46. The van der Waals surface area contributed by atoms with Crippen molar-refractivity contribution >= 4 is 29.4 Å². The Morgan fingerprint density at radius 3 is 2.57 bits per heavy atom. The van der Waals surface area contributed by atoms with Gasteiger partial charge in [0, 0.05) is 43.7 Å². The third kappa shape index (κ3) is 5.93. The van der Waals surface area contributed by atoms with E-state index < -0.39 is 54.1 Å². The van der Waals surface area contributed by atoms with Crippen LogP contribution in [-0.2, 0) is 20.8 Å². The number of aliphatic carboxylic acids is 1. The molecule has 5 rings (SSSR count). The van der Waals surface area contributed by atoms with Gasteiger partial charge in [-0.25, -0.2) is 14.6 Å². The molecule has 6 N–H and O–H groups in total. The first kappa shape index (κ1) is 32.2. The van der Waals surface area contributed by atoms with Crippen LogP contribution in [0.25, 0.3) is 0 Å². The normalized spacial score (nSPS) is 28.2. The molecule has 0 unspecified atom stereocenters. The van der Waals surface area contributed by atoms with Crippen LogP contribution in [0.3, 0.4) is 0 Å². The Morgan fingerprint density at radius 1 is 1.27 bits per heavy atom. The zero-order chi connectivity index (χ0) is 32.1. The summed E-state index contributed by atoms with van der Waals surface area (Å²) < 4.78 is 33.3. The van der Waals surface area contributed by atoms with E-state index in [2.05, 4.69) is 0 Å². The predicted molar refractivity (Wildman–Crippen MR) is 156 cm³/mol. The highest BCUT2D eigenvalue weighted by Crippen LogP contribution is 2.54. The van der Waals surface area contributed by atoms with Crippen LogP contribution in [0, 0.1) is 16.7 Å². The van der Waals surface area contributed by atoms with Crippen molar-refractivity contribution in [3.63, 3.8) is 0 Å². The van der Waals surface area contributed by atoms with Gasteiger partial charge in [0.05, 0.1) is 29.2 Å². The fourth-order valence-corrected chi connectivity index (χ4v) is 7.36. The van der Waals surface area contributed by atoms with Crippen molar-refractivity contribution in [3.05, 3.63) is 39.7 Å². The summed E-state index contributed by atoms with van der Waals surface area (Å²) in [5, 5.41) is 21.8. The van der Waals surface area contributed by atoms with E-state index in [9.17, 15) is 33.4 Å². The van der Waals surface area contributed by atoms with Gasteiger partial charge >= 0.3 is 5.97 Å². The number of hydrogen-bond acceptors (Lipinski definition) is 8. The number of likely N-dealkylation sites (tertiary alicyclic amines) is 1. The Hall–Kier alpha value is -3.16. The summed E-state index contributed by atoms with van der Waals surface area (Å²) in [5.74, 6) is 3.23. The lowest BCUT2D eigenvalue weighted by atomic mass is 9.65. The Balaban J connectivity index is 1.55. The number of carbonyl (C=O) groups is 3. The van der Waals surface area contributed by atoms with Gasteiger partial charge in [-0.05, 0) is 68.6 Å². The quantitative estimate of drug-likeness (QED) is 0.235. The summed E-state index contributed by atoms with van der Waals surface area (Å²) in [6.45, 7) is 1.96. The van der Waals surface area contributed by atoms with Gasteiger partial charge in [0.2, 0.25) is 11.8 Å². The summed E-state index contributed by atoms with van der Waals surface area (Å²) >= 11 is 6.65. The number of carboxylic acids is 1. The van der Waals surface area contributed by atoms with E-state index in [0.29, 0.717) is 35.5 Å². The minimum absolute atomic E-state index is 0.00723. The predicted octanol–water partition coefficient (Wildman–Crippen LogP) is 2.65. The van der Waals surface area contributed by atoms with Crippen molar-refractivity contribution in [1.82, 2.24) is 14.8 Å². The van der Waals surface area contributed by atoms with Crippen LogP contribution in [0.1, 0.15) is 62.6 Å². The molecule has 4 aliphatic rings. The van der Waals surface area contributed by atoms with E-state index in [1.54, 1.807) is 21.9 Å². The number of halogens is 3. The Kier molecular flexibility index (Phi) is 8.78. The molecule has 0 aromatic heterocycles. The number of amides is 2. The zero-order valence-corrected chi connectivity index (χ0v) is 25.7. The Labute approximate surface area is 259 Å². The molecule has 242 valence electrons. The Bertz CT molecular complexity index is 1360. The lowest BCUT2D eigenvalue weighted by Crippen LogP contribution is -2.54. The molecule has 1 spiro atoms. The third-order valence-electron chi connectivity index (χ3n) is 9.97. The molecule has 2 heterocycles. The maximum atomic E-state index is 14.4. The summed E-state index contributed by atoms with van der Waals surface area (Å²) in [5.41, 5.74) is 4.85. The number of ether oxygens (including phenoxy) is 1. The summed E-state index contributed by atoms with van der Waals surface area (Å²) in [4.78, 5) is 43.3. The monoisotopic (exact) mass is 639 g/mol. The molecule has 44 heavy (non-hydrogen) atoms. The van der Waals surface area contributed by atoms with Crippen molar-refractivity contribution in [2.24, 2.45) is 28.3 Å². The van der Waals surface area contributed by atoms with Gasteiger partial charge in [0.25, 0.3) is 6.43 Å². The molecule has 2 saturated carbocycles. The molecule has 1 saturated heterocycles. The lowest BCUT2D eigenvalue weighted by molar-refractivity contribution is -0.165. The number of allylic oxidation sites excluding steroid dienone is 1. The fraction of sp³-hybridized carbons (Fsp3) is 0.633. The largest absolute Gasteiger partial charge is 0.487 e. The van der Waals surface area contributed by atoms with E-state index in [4.69, 9.17) is 27.9 Å². The molecule has 1 aromatic rings. The average Bonchev–Trinajstić information content (AvgIpc) is 3.63. The third-order valence-corrected chi connectivity index (χ3v) is 10.3. The zero-order valence-electron chi connectivity index (χ0n) is 24.9. The number of benzene rings is 1. The molecule has 0 radical (unpaired) electrons. The minimum Gasteiger partial charge on any atom is -0.487 e. The van der Waals surface area contributed by atoms with Crippen molar-refractivity contribution in [2.45, 2.75) is 70.4 Å². The van der Waals surface area contributed by atoms with Gasteiger partial charge in [0.15, 0.2) is 0 Å². The molecular formula is C30H40ClF2N5O6. The number of alkyl halides is 2. The topological polar surface area (TPSA) is 163 Å². The second kappa shape index (κ2) is 12.0. The molecule has 1 aromatic carbocycles. The van der Waals surface area contributed by atoms with Crippen LogP contribution < -0.4 is 16.3 Å². The smallest absolute Gasteiger partial charge is 0.310 e. The van der Waals surface area contributed by atoms with Crippen LogP contribution in [-0.4, -0.2) is 88.6 Å². The number of nitrogens with two attached hydrogens (primary N) is 2. The van der Waals surface area contributed by atoms with E-state index in [-0.39, 0.29) is 55.1 Å². The first-order chi connectivity index (χ1) is 20.7. The number of fused-ring (bicyclic) bond motifs is 1. The fourth-order valence-electron chi connectivity index (χ4n) is 7.10. The second-order valence-corrected chi connectivity index (χ2v) is 13.4. The van der Waals surface area contributed by atoms with Crippen LogP contribution in [0.15, 0.2) is 23.5 Å². The average molecular weight is 640 g/mol. The number of aliphatic hydroxyl groups is 1. The Morgan fingerprint density at radius 2 is 1.98 bits per heavy atom. The number of hydrogen-bond donors (Lipinski definition) is 4. The molecule has 0 bridgehead atoms. The maximum absolute atomic E-state index is 14.4. The number of rotatable bonds is 9. The van der Waals surface area contributed by atoms with Gasteiger partial charge in [-0.3, -0.25) is 14.4 Å². The molecule has 4 atom stereocenters. The van der Waals surface area contributed by atoms with Gasteiger partial charge in [-0.1, -0.05) is 11.6 Å². The van der Waals surface area contributed by atoms with E-state index in [1.807, 2.05) is 0 Å². The standard InChI is InChI=1S/C30H40ClF2N5O6/c1-29(28(42)43)7-5-16(39)11-18(29)27(41)38-10-6-17-19(31)3-4-22(44-14-20(34)25(26(32)33)36(2)35)24(17)21(38)13-37-15-30(8-9-30)12-23(37)40/h3-4,16,18,21,26,39H,5-15,34-35H2,1-2H3,(H,42,43)/b25-20-/t16-,18+,21-,29+/m1/s1. The van der Waals surface area contributed by atoms with Gasteiger partial charge < -0.3 is 35.5 Å². The molecule has 14 heteroatoms. The van der Waals surface area contributed by atoms with Crippen LogP contribution in [0.2, 0.25) is 5.02 Å². The summed E-state index contributed by atoms with van der Waals surface area (Å²) in [6, 6.07) is 2.42. The highest BCUT2D eigenvalue weighted by molar-refractivity contribution is 6.31. The maximum Gasteiger partial charge on any atom is 0.310 e. The van der Waals surface area contributed by atoms with Crippen molar-refractivity contribution in [2.75, 3.05) is 33.3 Å². The van der Waals surface area contributed by atoms with Crippen molar-refractivity contribution in [1.29, 1.82) is 0 Å². The molecule has 3 fully saturated rings. The van der Waals surface area contributed by atoms with Gasteiger partial charge in [-0.15, -0.1) is 0 Å². The van der Waals surface area contributed by atoms with E-state index in [1.165, 1.54) is 14.0 Å². The highest BCUT2D eigenvalue weighted by Gasteiger charge is 2.54. The molecular weight excluding hydrogens is 600 g/mol. The minimum atomic E-state index is -2.95. The molecule has 2 amide bonds. The van der Waals surface area contributed by atoms with Gasteiger partial charge in [0.1, 0.15) is 18.1 Å². The number of carbonyl (C=O) groups excluding carboxylic acids is 2. The van der Waals surface area contributed by atoms with E-state index in [0.717, 1.165) is 17.9 Å². The molecule has 11 nitrogen and oxygen atoms in total. The van der Waals surface area contributed by atoms with Crippen molar-refractivity contribution < 1.29 is 38.1 Å². The molecule has 2 aliphatic carbocycles. The summed E-state index contributed by atoms with van der Waals surface area (Å²) in [7, 11) is 1.24. The first-order valence-corrected chi connectivity index (χ1v) is 15.2. The number of carboxylic acid groups (broad SMARTS) is 1. The first-order valence-electron chi connectivity index (χ1n) is 14.9.